The van der Waals surface area contributed by atoms with Crippen molar-refractivity contribution in [2.75, 3.05) is 5.32 Å². The number of nitrogens with zero attached hydrogens (tertiary/aromatic N) is 2. The maximum atomic E-state index is 12.9. The van der Waals surface area contributed by atoms with E-state index < -0.39 is 33.1 Å². The van der Waals surface area contributed by atoms with Crippen molar-refractivity contribution >= 4 is 32.7 Å². The molecule has 1 unspecified atom stereocenters. The number of pyridine rings is 1. The number of ether oxygens (including phenoxy) is 1. The van der Waals surface area contributed by atoms with E-state index >= 15 is 0 Å². The second-order valence-electron chi connectivity index (χ2n) is 7.59. The van der Waals surface area contributed by atoms with Gasteiger partial charge in [0.15, 0.2) is 0 Å². The monoisotopic (exact) mass is 505 g/mol. The third kappa shape index (κ3) is 5.44. The van der Waals surface area contributed by atoms with Crippen LogP contribution in [0, 0.1) is 0 Å². The van der Waals surface area contributed by atoms with Crippen molar-refractivity contribution in [1.82, 2.24) is 9.55 Å². The Morgan fingerprint density at radius 3 is 2.54 bits per heavy atom. The molecule has 2 heterocycles. The molecule has 0 aliphatic carbocycles. The molecule has 1 atom stereocenters. The molecule has 4 rings (SSSR count). The number of anilines is 1. The van der Waals surface area contributed by atoms with Gasteiger partial charge in [-0.1, -0.05) is 6.07 Å². The van der Waals surface area contributed by atoms with Gasteiger partial charge in [-0.15, -0.1) is 0 Å². The van der Waals surface area contributed by atoms with Gasteiger partial charge in [0, 0.05) is 29.5 Å². The summed E-state index contributed by atoms with van der Waals surface area (Å²) in [6.07, 6.45) is -1.72. The van der Waals surface area contributed by atoms with Crippen molar-refractivity contribution in [3.05, 3.63) is 84.3 Å². The molecule has 182 valence electrons. The van der Waals surface area contributed by atoms with Crippen molar-refractivity contribution in [2.45, 2.75) is 18.3 Å². The molecule has 4 aromatic rings. The van der Waals surface area contributed by atoms with Crippen LogP contribution in [0.2, 0.25) is 0 Å². The number of nitrogens with one attached hydrogen (secondary N) is 1. The molecule has 0 radical (unpaired) electrons. The number of aromatic nitrogens is 2. The Hall–Kier alpha value is -3.90. The highest BCUT2D eigenvalue weighted by atomic mass is 32.2. The average Bonchev–Trinajstić information content (AvgIpc) is 3.21. The molecule has 0 bridgehead atoms. The van der Waals surface area contributed by atoms with Crippen LogP contribution in [0.4, 0.5) is 23.7 Å². The second kappa shape index (κ2) is 9.04. The normalized spacial score (nSPS) is 12.9. The average molecular weight is 505 g/mol. The molecule has 0 fully saturated rings. The third-order valence-electron chi connectivity index (χ3n) is 5.17. The Balaban J connectivity index is 1.54. The summed E-state index contributed by atoms with van der Waals surface area (Å²) in [4.78, 5) is 16.6. The molecule has 0 saturated carbocycles. The Kier molecular flexibility index (Phi) is 6.26. The second-order valence-corrected chi connectivity index (χ2v) is 9.33. The number of hydrogen-bond donors (Lipinski definition) is 2. The molecule has 1 amide bonds. The van der Waals surface area contributed by atoms with Crippen LogP contribution in [-0.4, -0.2) is 28.6 Å². The first kappa shape index (κ1) is 24.2. The standard InChI is InChI=1S/C23H18F3N3O5S/c1-14(35(31,32)33)20-13-19(7-9-27-20)34-18-5-6-21-15(11-18)8-10-29(21)22(30)28-17-4-2-3-16(12-17)23(24,25)26/h2-14H,1H3,(H,28,30)(H,31,32,33). The molecule has 0 aliphatic rings. The number of alkyl halides is 3. The number of benzene rings is 2. The van der Waals surface area contributed by atoms with E-state index in [-0.39, 0.29) is 17.1 Å². The van der Waals surface area contributed by atoms with Crippen LogP contribution in [-0.2, 0) is 16.3 Å². The van der Waals surface area contributed by atoms with Crippen LogP contribution in [0.5, 0.6) is 11.5 Å². The molecule has 2 aromatic heterocycles. The minimum Gasteiger partial charge on any atom is -0.457 e. The molecular weight excluding hydrogens is 487 g/mol. The van der Waals surface area contributed by atoms with Gasteiger partial charge in [-0.2, -0.15) is 21.6 Å². The lowest BCUT2D eigenvalue weighted by atomic mass is 10.2. The molecular formula is C23H18F3N3O5S. The fraction of sp³-hybridized carbons (Fsp3) is 0.130. The number of hydrogen-bond acceptors (Lipinski definition) is 5. The van der Waals surface area contributed by atoms with Crippen molar-refractivity contribution in [3.8, 4) is 11.5 Å². The summed E-state index contributed by atoms with van der Waals surface area (Å²) in [6.45, 7) is 1.29. The van der Waals surface area contributed by atoms with Crippen molar-refractivity contribution in [1.29, 1.82) is 0 Å². The summed E-state index contributed by atoms with van der Waals surface area (Å²) in [5.74, 6) is 0.664. The maximum Gasteiger partial charge on any atom is 0.416 e. The molecule has 2 aromatic carbocycles. The van der Waals surface area contributed by atoms with Gasteiger partial charge in [-0.05, 0) is 55.5 Å². The first-order valence-electron chi connectivity index (χ1n) is 10.1. The number of fused-ring (bicyclic) bond motifs is 1. The molecule has 35 heavy (non-hydrogen) atoms. The lowest BCUT2D eigenvalue weighted by molar-refractivity contribution is -0.137. The quantitative estimate of drug-likeness (QED) is 0.328. The number of rotatable bonds is 5. The van der Waals surface area contributed by atoms with E-state index in [9.17, 15) is 30.9 Å². The summed E-state index contributed by atoms with van der Waals surface area (Å²) in [6, 6.07) is 13.0. The van der Waals surface area contributed by atoms with Gasteiger partial charge < -0.3 is 10.1 Å². The highest BCUT2D eigenvalue weighted by molar-refractivity contribution is 7.86. The predicted molar refractivity (Wildman–Crippen MR) is 122 cm³/mol. The summed E-state index contributed by atoms with van der Waals surface area (Å²) in [5, 5.41) is 1.82. The smallest absolute Gasteiger partial charge is 0.416 e. The molecule has 8 nitrogen and oxygen atoms in total. The summed E-state index contributed by atoms with van der Waals surface area (Å²) in [7, 11) is -4.33. The fourth-order valence-electron chi connectivity index (χ4n) is 3.32. The lowest BCUT2D eigenvalue weighted by Gasteiger charge is -2.11. The number of amides is 1. The van der Waals surface area contributed by atoms with E-state index in [4.69, 9.17) is 4.74 Å². The van der Waals surface area contributed by atoms with Crippen LogP contribution >= 0.6 is 0 Å². The summed E-state index contributed by atoms with van der Waals surface area (Å²) < 4.78 is 77.8. The minimum absolute atomic E-state index is 0.000702. The van der Waals surface area contributed by atoms with Crippen molar-refractivity contribution < 1.29 is 35.7 Å². The van der Waals surface area contributed by atoms with Crippen LogP contribution in [0.25, 0.3) is 10.9 Å². The minimum atomic E-state index is -4.53. The van der Waals surface area contributed by atoms with Gasteiger partial charge in [0.25, 0.3) is 10.1 Å². The molecule has 0 spiro atoms. The predicted octanol–water partition coefficient (Wildman–Crippen LogP) is 5.88. The summed E-state index contributed by atoms with van der Waals surface area (Å²) in [5.41, 5.74) is -0.292. The van der Waals surface area contributed by atoms with E-state index in [1.54, 1.807) is 24.3 Å². The SMILES string of the molecule is CC(c1cc(Oc2ccc3c(ccn3C(=O)Nc3cccc(C(F)(F)F)c3)c2)ccn1)S(=O)(=O)O. The Labute approximate surface area is 197 Å². The van der Waals surface area contributed by atoms with Crippen LogP contribution in [0.15, 0.2) is 73.1 Å². The van der Waals surface area contributed by atoms with Gasteiger partial charge >= 0.3 is 12.2 Å². The Morgan fingerprint density at radius 2 is 1.83 bits per heavy atom. The van der Waals surface area contributed by atoms with Crippen LogP contribution in [0.3, 0.4) is 0 Å². The van der Waals surface area contributed by atoms with E-state index in [0.717, 1.165) is 12.1 Å². The highest BCUT2D eigenvalue weighted by Gasteiger charge is 2.30. The van der Waals surface area contributed by atoms with Crippen molar-refractivity contribution in [3.63, 3.8) is 0 Å². The zero-order valence-corrected chi connectivity index (χ0v) is 18.8. The van der Waals surface area contributed by atoms with Crippen LogP contribution in [0.1, 0.15) is 23.4 Å². The number of halogens is 3. The third-order valence-corrected chi connectivity index (χ3v) is 6.31. The van der Waals surface area contributed by atoms with Gasteiger partial charge in [-0.3, -0.25) is 14.1 Å². The molecule has 12 heteroatoms. The van der Waals surface area contributed by atoms with Gasteiger partial charge in [0.1, 0.15) is 16.7 Å². The fourth-order valence-corrected chi connectivity index (χ4v) is 3.75. The summed E-state index contributed by atoms with van der Waals surface area (Å²) >= 11 is 0. The number of carbonyl (C=O) groups is 1. The zero-order chi connectivity index (χ0) is 25.4. The molecule has 0 saturated heterocycles. The first-order valence-corrected chi connectivity index (χ1v) is 11.6. The van der Waals surface area contributed by atoms with E-state index in [0.29, 0.717) is 16.7 Å². The number of carbonyl (C=O) groups excluding carboxylic acids is 1. The van der Waals surface area contributed by atoms with Crippen molar-refractivity contribution in [2.24, 2.45) is 0 Å². The maximum absolute atomic E-state index is 12.9. The van der Waals surface area contributed by atoms with Gasteiger partial charge in [-0.25, -0.2) is 4.79 Å². The zero-order valence-electron chi connectivity index (χ0n) is 18.0. The highest BCUT2D eigenvalue weighted by Crippen LogP contribution is 2.31. The topological polar surface area (TPSA) is 111 Å². The molecule has 0 aliphatic heterocycles. The molecule has 2 N–H and O–H groups in total. The van der Waals surface area contributed by atoms with Gasteiger partial charge in [0.05, 0.1) is 16.8 Å². The van der Waals surface area contributed by atoms with Crippen LogP contribution < -0.4 is 10.1 Å². The van der Waals surface area contributed by atoms with E-state index in [2.05, 4.69) is 10.3 Å². The van der Waals surface area contributed by atoms with E-state index in [1.165, 1.54) is 48.1 Å². The largest absolute Gasteiger partial charge is 0.457 e. The first-order chi connectivity index (χ1) is 16.4. The lowest BCUT2D eigenvalue weighted by Crippen LogP contribution is -2.18. The van der Waals surface area contributed by atoms with Gasteiger partial charge in [0.2, 0.25) is 0 Å². The van der Waals surface area contributed by atoms with E-state index in [1.807, 2.05) is 0 Å². The Bertz CT molecular complexity index is 1520. The Morgan fingerprint density at radius 1 is 1.09 bits per heavy atom.